The Hall–Kier alpha value is -0.920. The normalized spacial score (nSPS) is 13.3. The second kappa shape index (κ2) is 6.49. The van der Waals surface area contributed by atoms with Gasteiger partial charge in [0.25, 0.3) is 0 Å². The maximum Gasteiger partial charge on any atom is 0.238 e. The van der Waals surface area contributed by atoms with Gasteiger partial charge in [-0.15, -0.1) is 0 Å². The lowest BCUT2D eigenvalue weighted by molar-refractivity contribution is -0.116. The zero-order valence-corrected chi connectivity index (χ0v) is 13.2. The SMILES string of the molecule is CC(C)C(Br)C(=O)Nc1ccc(CS(N)(=O)=O)cc1. The summed E-state index contributed by atoms with van der Waals surface area (Å²) in [5, 5.41) is 7.70. The molecule has 1 rings (SSSR count). The average molecular weight is 349 g/mol. The fourth-order valence-electron chi connectivity index (χ4n) is 1.43. The molecule has 1 atom stereocenters. The molecule has 0 aliphatic carbocycles. The number of nitrogens with one attached hydrogen (secondary N) is 1. The van der Waals surface area contributed by atoms with Crippen molar-refractivity contribution >= 4 is 37.5 Å². The number of halogens is 1. The lowest BCUT2D eigenvalue weighted by atomic mass is 10.1. The Balaban J connectivity index is 2.70. The lowest BCUT2D eigenvalue weighted by Crippen LogP contribution is -2.26. The minimum Gasteiger partial charge on any atom is -0.325 e. The summed E-state index contributed by atoms with van der Waals surface area (Å²) < 4.78 is 21.9. The highest BCUT2D eigenvalue weighted by atomic mass is 79.9. The number of hydrogen-bond donors (Lipinski definition) is 2. The summed E-state index contributed by atoms with van der Waals surface area (Å²) in [6, 6.07) is 6.55. The largest absolute Gasteiger partial charge is 0.325 e. The van der Waals surface area contributed by atoms with Crippen LogP contribution in [0.4, 0.5) is 5.69 Å². The van der Waals surface area contributed by atoms with E-state index < -0.39 is 10.0 Å². The molecule has 0 heterocycles. The highest BCUT2D eigenvalue weighted by Gasteiger charge is 2.18. The van der Waals surface area contributed by atoms with E-state index in [1.165, 1.54) is 0 Å². The van der Waals surface area contributed by atoms with Crippen molar-refractivity contribution in [1.82, 2.24) is 0 Å². The number of anilines is 1. The van der Waals surface area contributed by atoms with E-state index >= 15 is 0 Å². The monoisotopic (exact) mass is 348 g/mol. The quantitative estimate of drug-likeness (QED) is 0.795. The second-order valence-corrected chi connectivity index (χ2v) is 7.24. The average Bonchev–Trinajstić information content (AvgIpc) is 2.28. The third-order valence-corrected chi connectivity index (χ3v) is 4.63. The molecule has 0 bridgehead atoms. The third kappa shape index (κ3) is 5.71. The lowest BCUT2D eigenvalue weighted by Gasteiger charge is -2.13. The molecule has 0 saturated carbocycles. The van der Waals surface area contributed by atoms with Crippen LogP contribution in [0.3, 0.4) is 0 Å². The Bertz CT molecular complexity index is 541. The summed E-state index contributed by atoms with van der Waals surface area (Å²) >= 11 is 3.31. The van der Waals surface area contributed by atoms with Gasteiger partial charge in [-0.1, -0.05) is 41.9 Å². The summed E-state index contributed by atoms with van der Waals surface area (Å²) in [5.41, 5.74) is 1.20. The van der Waals surface area contributed by atoms with Crippen LogP contribution in [0.25, 0.3) is 0 Å². The smallest absolute Gasteiger partial charge is 0.238 e. The highest BCUT2D eigenvalue weighted by Crippen LogP contribution is 2.16. The molecule has 0 aliphatic rings. The maximum atomic E-state index is 11.8. The van der Waals surface area contributed by atoms with Crippen LogP contribution in [0.1, 0.15) is 19.4 Å². The van der Waals surface area contributed by atoms with Crippen molar-refractivity contribution in [3.05, 3.63) is 29.8 Å². The number of sulfonamides is 1. The minimum absolute atomic E-state index is 0.130. The molecule has 1 aromatic rings. The van der Waals surface area contributed by atoms with Crippen LogP contribution in [-0.2, 0) is 20.6 Å². The van der Waals surface area contributed by atoms with Crippen molar-refractivity contribution in [1.29, 1.82) is 0 Å². The van der Waals surface area contributed by atoms with Gasteiger partial charge in [0.15, 0.2) is 0 Å². The first-order valence-electron chi connectivity index (χ1n) is 5.73. The van der Waals surface area contributed by atoms with E-state index in [-0.39, 0.29) is 22.4 Å². The zero-order chi connectivity index (χ0) is 14.6. The van der Waals surface area contributed by atoms with Crippen LogP contribution in [0.5, 0.6) is 0 Å². The molecule has 1 amide bonds. The number of benzene rings is 1. The number of alkyl halides is 1. The summed E-state index contributed by atoms with van der Waals surface area (Å²) in [6.45, 7) is 3.88. The molecule has 0 saturated heterocycles. The van der Waals surface area contributed by atoms with E-state index in [9.17, 15) is 13.2 Å². The number of hydrogen-bond acceptors (Lipinski definition) is 3. The van der Waals surface area contributed by atoms with Crippen molar-refractivity contribution in [2.75, 3.05) is 5.32 Å². The van der Waals surface area contributed by atoms with Crippen molar-refractivity contribution in [2.45, 2.75) is 24.4 Å². The molecule has 0 aliphatic heterocycles. The summed E-state index contributed by atoms with van der Waals surface area (Å²) in [5.74, 6) is -0.162. The molecule has 0 spiro atoms. The van der Waals surface area contributed by atoms with Crippen molar-refractivity contribution in [3.63, 3.8) is 0 Å². The first kappa shape index (κ1) is 16.1. The molecule has 5 nitrogen and oxygen atoms in total. The second-order valence-electron chi connectivity index (χ2n) is 4.64. The predicted octanol–water partition coefficient (Wildman–Crippen LogP) is 1.83. The van der Waals surface area contributed by atoms with E-state index in [1.54, 1.807) is 24.3 Å². The summed E-state index contributed by atoms with van der Waals surface area (Å²) in [4.78, 5) is 11.5. The van der Waals surface area contributed by atoms with E-state index in [4.69, 9.17) is 5.14 Å². The fourth-order valence-corrected chi connectivity index (χ4v) is 2.20. The molecule has 3 N–H and O–H groups in total. The highest BCUT2D eigenvalue weighted by molar-refractivity contribution is 9.10. The summed E-state index contributed by atoms with van der Waals surface area (Å²) in [7, 11) is -3.53. The minimum atomic E-state index is -3.53. The summed E-state index contributed by atoms with van der Waals surface area (Å²) in [6.07, 6.45) is 0. The van der Waals surface area contributed by atoms with Crippen LogP contribution >= 0.6 is 15.9 Å². The Morgan fingerprint density at radius 2 is 1.84 bits per heavy atom. The number of primary sulfonamides is 1. The van der Waals surface area contributed by atoms with Crippen LogP contribution in [0, 0.1) is 5.92 Å². The third-order valence-electron chi connectivity index (χ3n) is 2.43. The molecule has 1 aromatic carbocycles. The van der Waals surface area contributed by atoms with Gasteiger partial charge in [-0.3, -0.25) is 4.79 Å². The van der Waals surface area contributed by atoms with Gasteiger partial charge in [-0.05, 0) is 23.6 Å². The van der Waals surface area contributed by atoms with E-state index in [1.807, 2.05) is 13.8 Å². The fraction of sp³-hybridized carbons (Fsp3) is 0.417. The van der Waals surface area contributed by atoms with Crippen molar-refractivity contribution in [3.8, 4) is 0 Å². The predicted molar refractivity (Wildman–Crippen MR) is 79.4 cm³/mol. The van der Waals surface area contributed by atoms with E-state index in [0.717, 1.165) is 0 Å². The molecule has 106 valence electrons. The Labute approximate surface area is 121 Å². The van der Waals surface area contributed by atoms with Gasteiger partial charge in [0.05, 0.1) is 10.6 Å². The van der Waals surface area contributed by atoms with Crippen molar-refractivity contribution in [2.24, 2.45) is 11.1 Å². The molecule has 0 fully saturated rings. The van der Waals surface area contributed by atoms with Gasteiger partial charge in [0.1, 0.15) is 0 Å². The molecular weight excluding hydrogens is 332 g/mol. The number of rotatable bonds is 5. The Morgan fingerprint density at radius 3 is 2.26 bits per heavy atom. The molecule has 0 radical (unpaired) electrons. The standard InChI is InChI=1S/C12H17BrN2O3S/c1-8(2)11(13)12(16)15-10-5-3-9(4-6-10)7-19(14,17)18/h3-6,8,11H,7H2,1-2H3,(H,15,16)(H2,14,17,18). The van der Waals surface area contributed by atoms with E-state index in [0.29, 0.717) is 11.3 Å². The maximum absolute atomic E-state index is 11.8. The van der Waals surface area contributed by atoms with Gasteiger partial charge >= 0.3 is 0 Å². The van der Waals surface area contributed by atoms with Crippen LogP contribution in [0.2, 0.25) is 0 Å². The van der Waals surface area contributed by atoms with Gasteiger partial charge in [-0.25, -0.2) is 13.6 Å². The number of carbonyl (C=O) groups is 1. The zero-order valence-electron chi connectivity index (χ0n) is 10.8. The first-order chi connectivity index (χ1) is 8.69. The van der Waals surface area contributed by atoms with Gasteiger partial charge in [-0.2, -0.15) is 0 Å². The Kier molecular flexibility index (Phi) is 5.51. The van der Waals surface area contributed by atoms with E-state index in [2.05, 4.69) is 21.2 Å². The van der Waals surface area contributed by atoms with Gasteiger partial charge in [0, 0.05) is 5.69 Å². The van der Waals surface area contributed by atoms with Crippen molar-refractivity contribution < 1.29 is 13.2 Å². The molecule has 0 aromatic heterocycles. The number of nitrogens with two attached hydrogens (primary N) is 1. The number of amides is 1. The van der Waals surface area contributed by atoms with Gasteiger partial charge < -0.3 is 5.32 Å². The molecular formula is C12H17BrN2O3S. The first-order valence-corrected chi connectivity index (χ1v) is 8.36. The van der Waals surface area contributed by atoms with Crippen LogP contribution in [-0.4, -0.2) is 19.2 Å². The van der Waals surface area contributed by atoms with Crippen LogP contribution < -0.4 is 10.5 Å². The Morgan fingerprint density at radius 1 is 1.32 bits per heavy atom. The molecule has 19 heavy (non-hydrogen) atoms. The molecule has 7 heteroatoms. The number of carbonyl (C=O) groups excluding carboxylic acids is 1. The topological polar surface area (TPSA) is 89.3 Å². The molecule has 1 unspecified atom stereocenters. The van der Waals surface area contributed by atoms with Gasteiger partial charge in [0.2, 0.25) is 15.9 Å². The van der Waals surface area contributed by atoms with Crippen LogP contribution in [0.15, 0.2) is 24.3 Å².